The molecule has 0 atom stereocenters. The minimum atomic E-state index is -0.558. The van der Waals surface area contributed by atoms with Crippen molar-refractivity contribution in [3.63, 3.8) is 0 Å². The number of carbonyl (C=O) groups is 2. The fourth-order valence-electron chi connectivity index (χ4n) is 2.40. The summed E-state index contributed by atoms with van der Waals surface area (Å²) in [6.45, 7) is -0.430. The second kappa shape index (κ2) is 7.85. The van der Waals surface area contributed by atoms with E-state index in [9.17, 15) is 14.0 Å². The minimum Gasteiger partial charge on any atom is -0.451 e. The molecule has 0 unspecified atom stereocenters. The number of rotatable bonds is 5. The van der Waals surface area contributed by atoms with E-state index in [1.807, 2.05) is 24.3 Å². The van der Waals surface area contributed by atoms with Crippen LogP contribution in [0.3, 0.4) is 0 Å². The van der Waals surface area contributed by atoms with Gasteiger partial charge in [-0.3, -0.25) is 4.79 Å². The van der Waals surface area contributed by atoms with E-state index < -0.39 is 24.3 Å². The Balaban J connectivity index is 1.60. The Hall–Kier alpha value is -2.44. The van der Waals surface area contributed by atoms with E-state index in [-0.39, 0.29) is 17.1 Å². The molecule has 0 aliphatic heterocycles. The molecule has 134 valence electrons. The van der Waals surface area contributed by atoms with E-state index in [1.165, 1.54) is 35.4 Å². The van der Waals surface area contributed by atoms with Crippen LogP contribution in [0.4, 0.5) is 4.39 Å². The average molecular weight is 392 g/mol. The summed E-state index contributed by atoms with van der Waals surface area (Å²) in [4.78, 5) is 26.0. The zero-order valence-corrected chi connectivity index (χ0v) is 15.4. The van der Waals surface area contributed by atoms with Gasteiger partial charge in [0.15, 0.2) is 6.61 Å². The summed E-state index contributed by atoms with van der Waals surface area (Å²) < 4.78 is 19.9. The number of likely N-dealkylation sites (N-methyl/N-ethyl adjacent to an activating group) is 1. The van der Waals surface area contributed by atoms with Crippen molar-refractivity contribution in [2.24, 2.45) is 0 Å². The number of nitrogens with zero attached hydrogens (tertiary/aromatic N) is 1. The van der Waals surface area contributed by atoms with Gasteiger partial charge in [0, 0.05) is 28.9 Å². The van der Waals surface area contributed by atoms with E-state index in [0.717, 1.165) is 10.1 Å². The Morgan fingerprint density at radius 3 is 2.69 bits per heavy atom. The zero-order valence-electron chi connectivity index (χ0n) is 13.9. The number of fused-ring (bicyclic) bond motifs is 1. The Morgan fingerprint density at radius 1 is 1.19 bits per heavy atom. The van der Waals surface area contributed by atoms with Gasteiger partial charge in [-0.05, 0) is 29.7 Å². The number of halogens is 2. The van der Waals surface area contributed by atoms with Crippen molar-refractivity contribution in [2.45, 2.75) is 6.54 Å². The normalized spacial score (nSPS) is 10.7. The van der Waals surface area contributed by atoms with Gasteiger partial charge in [-0.2, -0.15) is 0 Å². The van der Waals surface area contributed by atoms with Crippen molar-refractivity contribution < 1.29 is 18.7 Å². The fourth-order valence-corrected chi connectivity index (χ4v) is 3.58. The van der Waals surface area contributed by atoms with Crippen molar-refractivity contribution in [3.8, 4) is 0 Å². The number of ether oxygens (including phenoxy) is 1. The van der Waals surface area contributed by atoms with Crippen LogP contribution in [0.2, 0.25) is 5.02 Å². The molecule has 0 fully saturated rings. The summed E-state index contributed by atoms with van der Waals surface area (Å²) in [5, 5.41) is 1.19. The molecular weight excluding hydrogens is 377 g/mol. The molecule has 0 N–H and O–H groups in total. The Labute approximate surface area is 158 Å². The first-order valence-corrected chi connectivity index (χ1v) is 8.97. The number of amides is 1. The standard InChI is InChI=1S/C19H15ClFNO3S/c1-22(10-13-14(20)6-4-7-15(13)21)18(23)11-25-19(24)17-9-12-5-2-3-8-16(12)26-17/h2-9H,10-11H2,1H3. The summed E-state index contributed by atoms with van der Waals surface area (Å²) in [7, 11) is 1.50. The summed E-state index contributed by atoms with van der Waals surface area (Å²) >= 11 is 7.27. The second-order valence-electron chi connectivity index (χ2n) is 5.67. The molecule has 2 aromatic carbocycles. The number of hydrogen-bond acceptors (Lipinski definition) is 4. The largest absolute Gasteiger partial charge is 0.451 e. The highest BCUT2D eigenvalue weighted by atomic mass is 35.5. The molecule has 26 heavy (non-hydrogen) atoms. The Bertz CT molecular complexity index is 919. The van der Waals surface area contributed by atoms with Gasteiger partial charge in [-0.25, -0.2) is 9.18 Å². The lowest BCUT2D eigenvalue weighted by Crippen LogP contribution is -2.31. The first-order chi connectivity index (χ1) is 12.5. The first-order valence-electron chi connectivity index (χ1n) is 7.78. The quantitative estimate of drug-likeness (QED) is 0.601. The van der Waals surface area contributed by atoms with Crippen LogP contribution < -0.4 is 0 Å². The van der Waals surface area contributed by atoms with Crippen LogP contribution in [0.25, 0.3) is 10.1 Å². The molecule has 1 heterocycles. The van der Waals surface area contributed by atoms with Crippen LogP contribution in [0.15, 0.2) is 48.5 Å². The SMILES string of the molecule is CN(Cc1c(F)cccc1Cl)C(=O)COC(=O)c1cc2ccccc2s1. The predicted octanol–water partition coefficient (Wildman–Crippen LogP) is 4.51. The summed E-state index contributed by atoms with van der Waals surface area (Å²) in [5.41, 5.74) is 0.223. The van der Waals surface area contributed by atoms with Crippen LogP contribution in [0.1, 0.15) is 15.2 Å². The van der Waals surface area contributed by atoms with Crippen molar-refractivity contribution in [1.82, 2.24) is 4.90 Å². The summed E-state index contributed by atoms with van der Waals surface area (Å²) in [6.07, 6.45) is 0. The minimum absolute atomic E-state index is 0.00915. The highest BCUT2D eigenvalue weighted by Gasteiger charge is 2.17. The Morgan fingerprint density at radius 2 is 1.96 bits per heavy atom. The van der Waals surface area contributed by atoms with E-state index in [2.05, 4.69) is 0 Å². The van der Waals surface area contributed by atoms with Crippen molar-refractivity contribution in [2.75, 3.05) is 13.7 Å². The first kappa shape index (κ1) is 18.4. The van der Waals surface area contributed by atoms with E-state index in [1.54, 1.807) is 12.1 Å². The third-order valence-electron chi connectivity index (χ3n) is 3.84. The molecule has 0 aliphatic rings. The van der Waals surface area contributed by atoms with Crippen molar-refractivity contribution in [1.29, 1.82) is 0 Å². The van der Waals surface area contributed by atoms with Gasteiger partial charge in [0.05, 0.1) is 0 Å². The van der Waals surface area contributed by atoms with Crippen molar-refractivity contribution >= 4 is 44.9 Å². The molecule has 3 aromatic rings. The number of esters is 1. The Kier molecular flexibility index (Phi) is 5.54. The van der Waals surface area contributed by atoms with Crippen LogP contribution in [-0.4, -0.2) is 30.4 Å². The van der Waals surface area contributed by atoms with Crippen LogP contribution in [0, 0.1) is 5.82 Å². The molecule has 0 saturated carbocycles. The van der Waals surface area contributed by atoms with Gasteiger partial charge in [0.1, 0.15) is 10.7 Å². The molecular formula is C19H15ClFNO3S. The number of carbonyl (C=O) groups excluding carboxylic acids is 2. The summed E-state index contributed by atoms with van der Waals surface area (Å²) in [5.74, 6) is -1.49. The van der Waals surface area contributed by atoms with E-state index >= 15 is 0 Å². The van der Waals surface area contributed by atoms with Gasteiger partial charge in [0.2, 0.25) is 0 Å². The van der Waals surface area contributed by atoms with Gasteiger partial charge >= 0.3 is 5.97 Å². The molecule has 0 spiro atoms. The third kappa shape index (κ3) is 4.03. The van der Waals surface area contributed by atoms with Gasteiger partial charge in [-0.1, -0.05) is 35.9 Å². The number of hydrogen-bond donors (Lipinski definition) is 0. The maximum atomic E-state index is 13.8. The third-order valence-corrected chi connectivity index (χ3v) is 5.29. The van der Waals surface area contributed by atoms with E-state index in [4.69, 9.17) is 16.3 Å². The van der Waals surface area contributed by atoms with Gasteiger partial charge in [-0.15, -0.1) is 11.3 Å². The highest BCUT2D eigenvalue weighted by Crippen LogP contribution is 2.26. The van der Waals surface area contributed by atoms with Crippen LogP contribution in [0.5, 0.6) is 0 Å². The second-order valence-corrected chi connectivity index (χ2v) is 7.17. The van der Waals surface area contributed by atoms with Gasteiger partial charge < -0.3 is 9.64 Å². The predicted molar refractivity (Wildman–Crippen MR) is 100.0 cm³/mol. The van der Waals surface area contributed by atoms with E-state index in [0.29, 0.717) is 4.88 Å². The molecule has 0 aliphatic carbocycles. The lowest BCUT2D eigenvalue weighted by Gasteiger charge is -2.18. The lowest BCUT2D eigenvalue weighted by atomic mass is 10.2. The topological polar surface area (TPSA) is 46.6 Å². The smallest absolute Gasteiger partial charge is 0.348 e. The van der Waals surface area contributed by atoms with Crippen LogP contribution >= 0.6 is 22.9 Å². The molecule has 0 radical (unpaired) electrons. The van der Waals surface area contributed by atoms with Gasteiger partial charge in [0.25, 0.3) is 5.91 Å². The number of thiophene rings is 1. The molecule has 1 aromatic heterocycles. The molecule has 0 bridgehead atoms. The average Bonchev–Trinajstić information content (AvgIpc) is 3.06. The monoisotopic (exact) mass is 391 g/mol. The molecule has 3 rings (SSSR count). The summed E-state index contributed by atoms with van der Waals surface area (Å²) in [6, 6.07) is 13.6. The highest BCUT2D eigenvalue weighted by molar-refractivity contribution is 7.20. The molecule has 1 amide bonds. The maximum absolute atomic E-state index is 13.8. The van der Waals surface area contributed by atoms with Crippen molar-refractivity contribution in [3.05, 3.63) is 69.8 Å². The lowest BCUT2D eigenvalue weighted by molar-refractivity contribution is -0.133. The molecule has 0 saturated heterocycles. The van der Waals surface area contributed by atoms with Crippen LogP contribution in [-0.2, 0) is 16.1 Å². The zero-order chi connectivity index (χ0) is 18.7. The number of benzene rings is 2. The maximum Gasteiger partial charge on any atom is 0.348 e. The molecule has 4 nitrogen and oxygen atoms in total. The fraction of sp³-hybridized carbons (Fsp3) is 0.158. The molecule has 7 heteroatoms.